The molecule has 1 fully saturated rings. The molecule has 1 aromatic rings. The number of ketones is 1. The molecule has 2 aliphatic carbocycles. The van der Waals surface area contributed by atoms with Crippen LogP contribution in [-0.2, 0) is 23.9 Å². The fourth-order valence-electron chi connectivity index (χ4n) is 5.34. The summed E-state index contributed by atoms with van der Waals surface area (Å²) in [6, 6.07) is 7.13. The second-order valence-electron chi connectivity index (χ2n) is 9.25. The number of carbonyl (C=O) groups excluding carboxylic acids is 3. The van der Waals surface area contributed by atoms with Gasteiger partial charge in [0.15, 0.2) is 5.78 Å². The van der Waals surface area contributed by atoms with E-state index in [1.807, 2.05) is 26.0 Å². The topological polar surface area (TPSA) is 81.7 Å². The molecule has 1 aromatic carbocycles. The van der Waals surface area contributed by atoms with E-state index in [1.165, 1.54) is 7.11 Å². The van der Waals surface area contributed by atoms with E-state index in [4.69, 9.17) is 21.1 Å². The molecule has 1 aliphatic heterocycles. The van der Waals surface area contributed by atoms with E-state index in [0.717, 1.165) is 43.4 Å². The maximum absolute atomic E-state index is 13.7. The highest BCUT2D eigenvalue weighted by Gasteiger charge is 2.47. The van der Waals surface area contributed by atoms with Crippen molar-refractivity contribution in [3.05, 3.63) is 57.4 Å². The zero-order valence-electron chi connectivity index (χ0n) is 19.3. The molecular formula is C26H30ClNO5. The van der Waals surface area contributed by atoms with Crippen LogP contribution in [0.2, 0.25) is 5.02 Å². The van der Waals surface area contributed by atoms with E-state index >= 15 is 0 Å². The zero-order chi connectivity index (χ0) is 23.7. The molecule has 4 rings (SSSR count). The Balaban J connectivity index is 1.77. The van der Waals surface area contributed by atoms with Crippen molar-refractivity contribution in [2.24, 2.45) is 11.8 Å². The second kappa shape index (κ2) is 9.72. The number of benzene rings is 1. The molecule has 3 atom stereocenters. The van der Waals surface area contributed by atoms with Gasteiger partial charge in [0.1, 0.15) is 12.0 Å². The van der Waals surface area contributed by atoms with Gasteiger partial charge >= 0.3 is 11.9 Å². The number of halogens is 1. The maximum Gasteiger partial charge on any atom is 0.337 e. The third kappa shape index (κ3) is 4.58. The summed E-state index contributed by atoms with van der Waals surface area (Å²) in [7, 11) is 1.29. The monoisotopic (exact) mass is 471 g/mol. The number of nitrogens with one attached hydrogen (secondary N) is 1. The van der Waals surface area contributed by atoms with Crippen LogP contribution in [0.3, 0.4) is 0 Å². The lowest BCUT2D eigenvalue weighted by Gasteiger charge is -2.38. The average Bonchev–Trinajstić information content (AvgIpc) is 2.79. The lowest BCUT2D eigenvalue weighted by molar-refractivity contribution is -0.151. The predicted octanol–water partition coefficient (Wildman–Crippen LogP) is 4.83. The van der Waals surface area contributed by atoms with Gasteiger partial charge in [-0.3, -0.25) is 9.59 Å². The number of dihydropyridines is 1. The number of hydrogen-bond acceptors (Lipinski definition) is 6. The van der Waals surface area contributed by atoms with Gasteiger partial charge < -0.3 is 14.8 Å². The van der Waals surface area contributed by atoms with Crippen LogP contribution in [0, 0.1) is 11.8 Å². The Labute approximate surface area is 199 Å². The summed E-state index contributed by atoms with van der Waals surface area (Å²) in [6.45, 7) is 3.71. The summed E-state index contributed by atoms with van der Waals surface area (Å²) in [4.78, 5) is 39.6. The minimum absolute atomic E-state index is 0.113. The van der Waals surface area contributed by atoms with Crippen molar-refractivity contribution >= 4 is 29.3 Å². The molecule has 176 valence electrons. The minimum atomic E-state index is -0.903. The molecule has 1 N–H and O–H groups in total. The number of rotatable bonds is 4. The van der Waals surface area contributed by atoms with Gasteiger partial charge in [-0.15, -0.1) is 0 Å². The summed E-state index contributed by atoms with van der Waals surface area (Å²) in [5, 5.41) is 3.86. The SMILES string of the molecule is COC(=O)[C@@H]1C(=O)C2=C(C[C@@H]1C)NC(C)=C(C(=O)OC1CCCCC1)[C@H]2c1ccc(Cl)cc1. The van der Waals surface area contributed by atoms with Crippen LogP contribution in [0.4, 0.5) is 0 Å². The molecule has 0 bridgehead atoms. The van der Waals surface area contributed by atoms with Crippen molar-refractivity contribution in [1.82, 2.24) is 5.32 Å². The fourth-order valence-corrected chi connectivity index (χ4v) is 5.46. The van der Waals surface area contributed by atoms with E-state index in [9.17, 15) is 14.4 Å². The summed E-state index contributed by atoms with van der Waals surface area (Å²) in [6.07, 6.45) is 5.34. The molecule has 1 saturated carbocycles. The third-order valence-corrected chi connectivity index (χ3v) is 7.24. The number of hydrogen-bond donors (Lipinski definition) is 1. The van der Waals surface area contributed by atoms with Gasteiger partial charge in [0, 0.05) is 27.9 Å². The second-order valence-corrected chi connectivity index (χ2v) is 9.69. The van der Waals surface area contributed by atoms with Crippen LogP contribution in [0.1, 0.15) is 63.9 Å². The lowest BCUT2D eigenvalue weighted by Crippen LogP contribution is -2.43. The smallest absolute Gasteiger partial charge is 0.337 e. The summed E-state index contributed by atoms with van der Waals surface area (Å²) in [5.41, 5.74) is 3.03. The molecule has 6 nitrogen and oxygen atoms in total. The minimum Gasteiger partial charge on any atom is -0.468 e. The first-order chi connectivity index (χ1) is 15.8. The van der Waals surface area contributed by atoms with Crippen LogP contribution in [0.5, 0.6) is 0 Å². The zero-order valence-corrected chi connectivity index (χ0v) is 20.0. The first kappa shape index (κ1) is 23.6. The van der Waals surface area contributed by atoms with Crippen molar-refractivity contribution < 1.29 is 23.9 Å². The Morgan fingerprint density at radius 3 is 2.39 bits per heavy atom. The number of ether oxygens (including phenoxy) is 2. The standard InChI is InChI=1S/C26H30ClNO5/c1-14-13-19-23(24(29)20(14)25(30)32-3)22(16-9-11-17(27)12-10-16)21(15(2)28-19)26(31)33-18-7-5-4-6-8-18/h9-12,14,18,20,22,28H,4-8,13H2,1-3H3/t14-,20-,22+/m0/s1. The molecule has 0 spiro atoms. The molecule has 0 aromatic heterocycles. The summed E-state index contributed by atoms with van der Waals surface area (Å²) >= 11 is 6.12. The highest BCUT2D eigenvalue weighted by molar-refractivity contribution is 6.30. The highest BCUT2D eigenvalue weighted by atomic mass is 35.5. The quantitative estimate of drug-likeness (QED) is 0.500. The van der Waals surface area contributed by atoms with Gasteiger partial charge in [-0.05, 0) is 62.6 Å². The molecule has 33 heavy (non-hydrogen) atoms. The number of Topliss-reactive ketones (excluding diaryl/α,β-unsaturated/α-hetero) is 1. The Hall–Kier alpha value is -2.60. The molecular weight excluding hydrogens is 442 g/mol. The number of esters is 2. The molecule has 1 heterocycles. The summed E-state index contributed by atoms with van der Waals surface area (Å²) in [5.74, 6) is -3.03. The van der Waals surface area contributed by atoms with Gasteiger partial charge in [-0.1, -0.05) is 37.1 Å². The van der Waals surface area contributed by atoms with Crippen molar-refractivity contribution in [2.45, 2.75) is 64.4 Å². The van der Waals surface area contributed by atoms with Gasteiger partial charge in [0.25, 0.3) is 0 Å². The average molecular weight is 472 g/mol. The van der Waals surface area contributed by atoms with E-state index in [-0.39, 0.29) is 17.8 Å². The Morgan fingerprint density at radius 2 is 1.76 bits per heavy atom. The van der Waals surface area contributed by atoms with E-state index in [1.54, 1.807) is 12.1 Å². The van der Waals surface area contributed by atoms with Gasteiger partial charge in [-0.25, -0.2) is 4.79 Å². The van der Waals surface area contributed by atoms with Gasteiger partial charge in [-0.2, -0.15) is 0 Å². The van der Waals surface area contributed by atoms with Crippen molar-refractivity contribution in [1.29, 1.82) is 0 Å². The van der Waals surface area contributed by atoms with Crippen LogP contribution >= 0.6 is 11.6 Å². The van der Waals surface area contributed by atoms with Crippen LogP contribution < -0.4 is 5.32 Å². The van der Waals surface area contributed by atoms with Gasteiger partial charge in [0.2, 0.25) is 0 Å². The molecule has 3 aliphatic rings. The van der Waals surface area contributed by atoms with E-state index in [2.05, 4.69) is 5.32 Å². The Bertz CT molecular complexity index is 1020. The van der Waals surface area contributed by atoms with Crippen molar-refractivity contribution in [2.75, 3.05) is 7.11 Å². The third-order valence-electron chi connectivity index (χ3n) is 6.99. The van der Waals surface area contributed by atoms with Gasteiger partial charge in [0.05, 0.1) is 12.7 Å². The van der Waals surface area contributed by atoms with Crippen LogP contribution in [-0.4, -0.2) is 30.9 Å². The Kier molecular flexibility index (Phi) is 6.94. The molecule has 0 amide bonds. The summed E-state index contributed by atoms with van der Waals surface area (Å²) < 4.78 is 10.9. The van der Waals surface area contributed by atoms with Crippen LogP contribution in [0.15, 0.2) is 46.8 Å². The molecule has 0 saturated heterocycles. The first-order valence-electron chi connectivity index (χ1n) is 11.6. The van der Waals surface area contributed by atoms with E-state index in [0.29, 0.717) is 28.3 Å². The normalized spacial score (nSPS) is 25.9. The van der Waals surface area contributed by atoms with E-state index < -0.39 is 23.8 Å². The number of carbonyl (C=O) groups is 3. The number of allylic oxidation sites excluding steroid dienone is 3. The lowest BCUT2D eigenvalue weighted by atomic mass is 9.69. The fraction of sp³-hybridized carbons (Fsp3) is 0.500. The largest absolute Gasteiger partial charge is 0.468 e. The molecule has 0 unspecified atom stereocenters. The van der Waals surface area contributed by atoms with Crippen LogP contribution in [0.25, 0.3) is 0 Å². The predicted molar refractivity (Wildman–Crippen MR) is 124 cm³/mol. The highest BCUT2D eigenvalue weighted by Crippen LogP contribution is 2.45. The number of methoxy groups -OCH3 is 1. The first-order valence-corrected chi connectivity index (χ1v) is 12.0. The molecule has 7 heteroatoms. The van der Waals surface area contributed by atoms with Crippen molar-refractivity contribution in [3.8, 4) is 0 Å². The van der Waals surface area contributed by atoms with Crippen molar-refractivity contribution in [3.63, 3.8) is 0 Å². The molecule has 0 radical (unpaired) electrons. The Morgan fingerprint density at radius 1 is 1.09 bits per heavy atom. The maximum atomic E-state index is 13.7.